The molecule has 0 aliphatic heterocycles. The van der Waals surface area contributed by atoms with Crippen LogP contribution in [0.25, 0.3) is 0 Å². The van der Waals surface area contributed by atoms with Gasteiger partial charge in [-0.3, -0.25) is 4.79 Å². The number of nitrogens with one attached hydrogen (secondary N) is 1. The summed E-state index contributed by atoms with van der Waals surface area (Å²) in [5.74, 6) is 0.117. The van der Waals surface area contributed by atoms with Crippen LogP contribution in [0.4, 0.5) is 0 Å². The number of carbonyl (C=O) groups is 2. The van der Waals surface area contributed by atoms with Gasteiger partial charge in [0.2, 0.25) is 0 Å². The molecule has 3 heteroatoms. The molecule has 1 unspecified atom stereocenters. The number of hydrogen-bond acceptors (Lipinski definition) is 3. The van der Waals surface area contributed by atoms with E-state index in [0.29, 0.717) is 12.8 Å². The van der Waals surface area contributed by atoms with Crippen LogP contribution in [-0.2, 0) is 9.59 Å². The second kappa shape index (κ2) is 5.11. The first-order valence-corrected chi connectivity index (χ1v) is 3.38. The minimum Gasteiger partial charge on any atom is -0.310 e. The number of ketones is 1. The van der Waals surface area contributed by atoms with E-state index in [4.69, 9.17) is 0 Å². The van der Waals surface area contributed by atoms with Crippen LogP contribution >= 0.6 is 0 Å². The smallest absolute Gasteiger partial charge is 0.137 e. The number of likely N-dealkylation sites (N-methyl/N-ethyl adjacent to an activating group) is 1. The number of hydrogen-bond donors (Lipinski definition) is 1. The molecule has 3 nitrogen and oxygen atoms in total. The van der Waals surface area contributed by atoms with Gasteiger partial charge in [0.15, 0.2) is 0 Å². The van der Waals surface area contributed by atoms with Crippen LogP contribution in [0.1, 0.15) is 19.8 Å². The molecule has 1 N–H and O–H groups in total. The summed E-state index contributed by atoms with van der Waals surface area (Å²) in [6.07, 6.45) is 1.58. The molecule has 10 heavy (non-hydrogen) atoms. The number of carbonyl (C=O) groups excluding carboxylic acids is 2. The van der Waals surface area contributed by atoms with Crippen molar-refractivity contribution < 1.29 is 9.59 Å². The van der Waals surface area contributed by atoms with Gasteiger partial charge < -0.3 is 10.1 Å². The van der Waals surface area contributed by atoms with Crippen molar-refractivity contribution in [3.05, 3.63) is 0 Å². The van der Waals surface area contributed by atoms with Gasteiger partial charge in [0, 0.05) is 12.8 Å². The molecule has 0 radical (unpaired) electrons. The molecule has 0 rings (SSSR count). The van der Waals surface area contributed by atoms with Gasteiger partial charge >= 0.3 is 0 Å². The van der Waals surface area contributed by atoms with E-state index in [1.807, 2.05) is 0 Å². The molecule has 0 fully saturated rings. The van der Waals surface area contributed by atoms with E-state index in [2.05, 4.69) is 5.32 Å². The van der Waals surface area contributed by atoms with Crippen molar-refractivity contribution in [2.75, 3.05) is 7.05 Å². The van der Waals surface area contributed by atoms with Crippen LogP contribution in [0.2, 0.25) is 0 Å². The van der Waals surface area contributed by atoms with Crippen LogP contribution in [0.15, 0.2) is 0 Å². The minimum absolute atomic E-state index is 0.117. The molecule has 0 amide bonds. The summed E-state index contributed by atoms with van der Waals surface area (Å²) in [4.78, 5) is 20.9. The first-order valence-electron chi connectivity index (χ1n) is 3.38. The minimum atomic E-state index is -0.299. The normalized spacial score (nSPS) is 12.6. The molecule has 0 saturated carbocycles. The monoisotopic (exact) mass is 143 g/mol. The second-order valence-corrected chi connectivity index (χ2v) is 2.13. The molecular weight excluding hydrogens is 130 g/mol. The highest BCUT2D eigenvalue weighted by Crippen LogP contribution is 1.92. The van der Waals surface area contributed by atoms with Gasteiger partial charge in [0.1, 0.15) is 12.1 Å². The van der Waals surface area contributed by atoms with E-state index in [1.165, 1.54) is 0 Å². The summed E-state index contributed by atoms with van der Waals surface area (Å²) in [6.45, 7) is 1.79. The van der Waals surface area contributed by atoms with E-state index in [1.54, 1.807) is 14.0 Å². The highest BCUT2D eigenvalue weighted by molar-refractivity contribution is 5.81. The maximum atomic E-state index is 10.7. The van der Waals surface area contributed by atoms with Crippen molar-refractivity contribution in [1.82, 2.24) is 5.32 Å². The van der Waals surface area contributed by atoms with Gasteiger partial charge in [-0.25, -0.2) is 0 Å². The average Bonchev–Trinajstić information content (AvgIpc) is 1.99. The fourth-order valence-corrected chi connectivity index (χ4v) is 0.608. The van der Waals surface area contributed by atoms with Gasteiger partial charge in [-0.15, -0.1) is 0 Å². The Bertz CT molecular complexity index is 123. The maximum absolute atomic E-state index is 10.7. The SMILES string of the molecule is CCC(=O)CC(C=O)NC. The number of Topliss-reactive ketones (excluding diaryl/α,β-unsaturated/α-hetero) is 1. The predicted octanol–water partition coefficient (Wildman–Crippen LogP) is 0.142. The van der Waals surface area contributed by atoms with Gasteiger partial charge in [-0.05, 0) is 7.05 Å². The van der Waals surface area contributed by atoms with Crippen LogP contribution in [0, 0.1) is 0 Å². The molecule has 0 aliphatic rings. The Morgan fingerprint density at radius 2 is 2.30 bits per heavy atom. The fraction of sp³-hybridized carbons (Fsp3) is 0.714. The molecule has 0 aromatic carbocycles. The van der Waals surface area contributed by atoms with Crippen LogP contribution in [0.3, 0.4) is 0 Å². The Morgan fingerprint density at radius 1 is 1.70 bits per heavy atom. The lowest BCUT2D eigenvalue weighted by Gasteiger charge is -2.05. The molecule has 0 aromatic heterocycles. The Balaban J connectivity index is 3.62. The first kappa shape index (κ1) is 9.30. The topological polar surface area (TPSA) is 46.2 Å². The Morgan fingerprint density at radius 3 is 2.60 bits per heavy atom. The fourth-order valence-electron chi connectivity index (χ4n) is 0.608. The van der Waals surface area contributed by atoms with Crippen molar-refractivity contribution in [2.24, 2.45) is 0 Å². The molecule has 1 atom stereocenters. The summed E-state index contributed by atoms with van der Waals surface area (Å²) in [6, 6.07) is -0.299. The van der Waals surface area contributed by atoms with Crippen LogP contribution in [0.5, 0.6) is 0 Å². The third kappa shape index (κ3) is 3.35. The first-order chi connectivity index (χ1) is 4.74. The van der Waals surface area contributed by atoms with Crippen LogP contribution < -0.4 is 5.32 Å². The van der Waals surface area contributed by atoms with Gasteiger partial charge in [0.25, 0.3) is 0 Å². The van der Waals surface area contributed by atoms with Crippen molar-refractivity contribution in [1.29, 1.82) is 0 Å². The van der Waals surface area contributed by atoms with E-state index in [-0.39, 0.29) is 11.8 Å². The van der Waals surface area contributed by atoms with Crippen molar-refractivity contribution in [2.45, 2.75) is 25.8 Å². The summed E-state index contributed by atoms with van der Waals surface area (Å²) in [7, 11) is 1.67. The Kier molecular flexibility index (Phi) is 4.76. The summed E-state index contributed by atoms with van der Waals surface area (Å²) >= 11 is 0. The molecule has 0 aromatic rings. The highest BCUT2D eigenvalue weighted by atomic mass is 16.1. The van der Waals surface area contributed by atoms with E-state index >= 15 is 0 Å². The third-order valence-electron chi connectivity index (χ3n) is 1.38. The van der Waals surface area contributed by atoms with Crippen LogP contribution in [-0.4, -0.2) is 25.2 Å². The zero-order valence-electron chi connectivity index (χ0n) is 6.39. The summed E-state index contributed by atoms with van der Waals surface area (Å²) < 4.78 is 0. The second-order valence-electron chi connectivity index (χ2n) is 2.13. The predicted molar refractivity (Wildman–Crippen MR) is 38.8 cm³/mol. The Hall–Kier alpha value is -0.700. The Labute approximate surface area is 60.8 Å². The van der Waals surface area contributed by atoms with E-state index in [0.717, 1.165) is 6.29 Å². The standard InChI is InChI=1S/C7H13NO2/c1-3-7(10)4-6(5-9)8-2/h5-6,8H,3-4H2,1-2H3. The highest BCUT2D eigenvalue weighted by Gasteiger charge is 2.07. The molecule has 0 aliphatic carbocycles. The molecule has 0 spiro atoms. The van der Waals surface area contributed by atoms with Crippen molar-refractivity contribution in [3.63, 3.8) is 0 Å². The van der Waals surface area contributed by atoms with E-state index in [9.17, 15) is 9.59 Å². The maximum Gasteiger partial charge on any atom is 0.137 e. The lowest BCUT2D eigenvalue weighted by molar-refractivity contribution is -0.121. The lowest BCUT2D eigenvalue weighted by atomic mass is 10.1. The van der Waals surface area contributed by atoms with Crippen molar-refractivity contribution >= 4 is 12.1 Å². The third-order valence-corrected chi connectivity index (χ3v) is 1.38. The molecule has 0 bridgehead atoms. The number of aldehydes is 1. The molecule has 58 valence electrons. The summed E-state index contributed by atoms with van der Waals surface area (Å²) in [5, 5.41) is 2.73. The average molecular weight is 143 g/mol. The van der Waals surface area contributed by atoms with Crippen molar-refractivity contribution in [3.8, 4) is 0 Å². The lowest BCUT2D eigenvalue weighted by Crippen LogP contribution is -2.29. The van der Waals surface area contributed by atoms with E-state index < -0.39 is 0 Å². The van der Waals surface area contributed by atoms with Gasteiger partial charge in [0.05, 0.1) is 6.04 Å². The summed E-state index contributed by atoms with van der Waals surface area (Å²) in [5.41, 5.74) is 0. The molecule has 0 heterocycles. The molecule has 0 saturated heterocycles. The zero-order valence-corrected chi connectivity index (χ0v) is 6.39. The van der Waals surface area contributed by atoms with Gasteiger partial charge in [-0.2, -0.15) is 0 Å². The molecular formula is C7H13NO2. The number of rotatable bonds is 5. The zero-order chi connectivity index (χ0) is 7.98. The van der Waals surface area contributed by atoms with Gasteiger partial charge in [-0.1, -0.05) is 6.92 Å². The quantitative estimate of drug-likeness (QED) is 0.557. The largest absolute Gasteiger partial charge is 0.310 e.